The van der Waals surface area contributed by atoms with Crippen LogP contribution in [0.25, 0.3) is 6.08 Å². The monoisotopic (exact) mass is 370 g/mol. The zero-order valence-electron chi connectivity index (χ0n) is 15.7. The smallest absolute Gasteiger partial charge is 0.328 e. The van der Waals surface area contributed by atoms with E-state index in [1.54, 1.807) is 25.4 Å². The first-order valence-electron chi connectivity index (χ1n) is 9.74. The van der Waals surface area contributed by atoms with Gasteiger partial charge in [0.1, 0.15) is 5.70 Å². The third-order valence-corrected chi connectivity index (χ3v) is 5.72. The van der Waals surface area contributed by atoms with Crippen molar-refractivity contribution in [1.82, 2.24) is 25.1 Å². The van der Waals surface area contributed by atoms with Gasteiger partial charge in [0.25, 0.3) is 5.91 Å². The predicted molar refractivity (Wildman–Crippen MR) is 102 cm³/mol. The highest BCUT2D eigenvalue weighted by atomic mass is 16.2. The fourth-order valence-corrected chi connectivity index (χ4v) is 4.12. The topological polar surface area (TPSA) is 81.7 Å². The molecule has 3 aliphatic rings. The van der Waals surface area contributed by atoms with Gasteiger partial charge in [0.15, 0.2) is 0 Å². The van der Waals surface area contributed by atoms with Gasteiger partial charge in [-0.15, -0.1) is 0 Å². The minimum absolute atomic E-state index is 0.299. The molecule has 3 fully saturated rings. The summed E-state index contributed by atoms with van der Waals surface area (Å²) in [7, 11) is 1.57. The molecule has 144 valence electrons. The SMILES string of the molecule is CN1C(=O)NC(=O)/C1=C/c1ccnc(N2CCC(N3CCCCC3)CC2)n1. The second-order valence-corrected chi connectivity index (χ2v) is 7.44. The lowest BCUT2D eigenvalue weighted by molar-refractivity contribution is -0.115. The Kier molecular flexibility index (Phi) is 5.07. The van der Waals surface area contributed by atoms with Crippen LogP contribution in [0.1, 0.15) is 37.8 Å². The number of hydrogen-bond acceptors (Lipinski definition) is 6. The van der Waals surface area contributed by atoms with Crippen molar-refractivity contribution in [2.75, 3.05) is 38.1 Å². The van der Waals surface area contributed by atoms with E-state index in [4.69, 9.17) is 0 Å². The average Bonchev–Trinajstić information content (AvgIpc) is 2.95. The molecule has 27 heavy (non-hydrogen) atoms. The maximum absolute atomic E-state index is 11.9. The van der Waals surface area contributed by atoms with Crippen LogP contribution < -0.4 is 10.2 Å². The number of aromatic nitrogens is 2. The van der Waals surface area contributed by atoms with E-state index in [0.717, 1.165) is 25.9 Å². The van der Waals surface area contributed by atoms with Gasteiger partial charge >= 0.3 is 6.03 Å². The van der Waals surface area contributed by atoms with Gasteiger partial charge in [-0.05, 0) is 50.9 Å². The number of rotatable bonds is 3. The highest BCUT2D eigenvalue weighted by Gasteiger charge is 2.30. The van der Waals surface area contributed by atoms with Crippen LogP contribution in [0.4, 0.5) is 10.7 Å². The van der Waals surface area contributed by atoms with Gasteiger partial charge in [-0.25, -0.2) is 14.8 Å². The summed E-state index contributed by atoms with van der Waals surface area (Å²) < 4.78 is 0. The molecular weight excluding hydrogens is 344 g/mol. The Morgan fingerprint density at radius 2 is 1.85 bits per heavy atom. The molecule has 4 heterocycles. The van der Waals surface area contributed by atoms with Crippen molar-refractivity contribution in [2.24, 2.45) is 0 Å². The number of urea groups is 1. The second kappa shape index (κ2) is 7.64. The number of nitrogens with zero attached hydrogens (tertiary/aromatic N) is 5. The van der Waals surface area contributed by atoms with E-state index in [1.807, 2.05) is 0 Å². The molecule has 0 radical (unpaired) electrons. The second-order valence-electron chi connectivity index (χ2n) is 7.44. The molecule has 0 atom stereocenters. The Hall–Kier alpha value is -2.48. The number of carbonyl (C=O) groups is 2. The lowest BCUT2D eigenvalue weighted by atomic mass is 10.0. The van der Waals surface area contributed by atoms with Gasteiger partial charge in [-0.2, -0.15) is 0 Å². The first kappa shape index (κ1) is 17.9. The number of carbonyl (C=O) groups excluding carboxylic acids is 2. The molecule has 3 amide bonds. The molecule has 8 nitrogen and oxygen atoms in total. The van der Waals surface area contributed by atoms with Crippen LogP contribution in [0.15, 0.2) is 18.0 Å². The summed E-state index contributed by atoms with van der Waals surface area (Å²) in [6.07, 6.45) is 9.62. The maximum atomic E-state index is 11.9. The molecule has 0 aliphatic carbocycles. The van der Waals surface area contributed by atoms with Crippen LogP contribution in [0.3, 0.4) is 0 Å². The lowest BCUT2D eigenvalue weighted by Crippen LogP contribution is -2.47. The molecule has 0 bridgehead atoms. The molecule has 1 aromatic rings. The maximum Gasteiger partial charge on any atom is 0.328 e. The normalized spacial score (nSPS) is 24.0. The van der Waals surface area contributed by atoms with Crippen molar-refractivity contribution in [2.45, 2.75) is 38.1 Å². The summed E-state index contributed by atoms with van der Waals surface area (Å²) in [6, 6.07) is 2.01. The number of nitrogens with one attached hydrogen (secondary N) is 1. The molecule has 0 saturated carbocycles. The molecule has 3 saturated heterocycles. The van der Waals surface area contributed by atoms with Crippen LogP contribution in [-0.2, 0) is 4.79 Å². The molecule has 1 N–H and O–H groups in total. The average molecular weight is 370 g/mol. The van der Waals surface area contributed by atoms with E-state index in [1.165, 1.54) is 37.3 Å². The van der Waals surface area contributed by atoms with E-state index in [-0.39, 0.29) is 0 Å². The lowest BCUT2D eigenvalue weighted by Gasteiger charge is -2.40. The van der Waals surface area contributed by atoms with E-state index >= 15 is 0 Å². The molecule has 4 rings (SSSR count). The summed E-state index contributed by atoms with van der Waals surface area (Å²) >= 11 is 0. The van der Waals surface area contributed by atoms with Crippen LogP contribution in [0, 0.1) is 0 Å². The quantitative estimate of drug-likeness (QED) is 0.641. The van der Waals surface area contributed by atoms with E-state index < -0.39 is 11.9 Å². The largest absolute Gasteiger partial charge is 0.341 e. The van der Waals surface area contributed by atoms with E-state index in [2.05, 4.69) is 25.1 Å². The Morgan fingerprint density at radius 3 is 2.52 bits per heavy atom. The molecular formula is C19H26N6O2. The molecule has 0 spiro atoms. The summed E-state index contributed by atoms with van der Waals surface area (Å²) in [5.74, 6) is 0.291. The Labute approximate surface area is 159 Å². The predicted octanol–water partition coefficient (Wildman–Crippen LogP) is 1.45. The van der Waals surface area contributed by atoms with Gasteiger partial charge in [0, 0.05) is 32.4 Å². The molecule has 3 aliphatic heterocycles. The van der Waals surface area contributed by atoms with Gasteiger partial charge < -0.3 is 9.80 Å². The Balaban J connectivity index is 1.43. The van der Waals surface area contributed by atoms with Crippen LogP contribution in [0.5, 0.6) is 0 Å². The fourth-order valence-electron chi connectivity index (χ4n) is 4.12. The standard InChI is InChI=1S/C19H26N6O2/c1-23-16(17(26)22-19(23)27)13-14-5-8-20-18(21-14)25-11-6-15(7-12-25)24-9-3-2-4-10-24/h5,8,13,15H,2-4,6-7,9-12H2,1H3,(H,22,26,27)/b16-13-. The van der Waals surface area contributed by atoms with Crippen molar-refractivity contribution < 1.29 is 9.59 Å². The minimum Gasteiger partial charge on any atom is -0.341 e. The van der Waals surface area contributed by atoms with Gasteiger partial charge in [0.2, 0.25) is 5.95 Å². The van der Waals surface area contributed by atoms with Crippen LogP contribution in [-0.4, -0.2) is 71.0 Å². The minimum atomic E-state index is -0.416. The van der Waals surface area contributed by atoms with E-state index in [9.17, 15) is 9.59 Å². The highest BCUT2D eigenvalue weighted by Crippen LogP contribution is 2.23. The van der Waals surface area contributed by atoms with E-state index in [0.29, 0.717) is 23.4 Å². The molecule has 8 heteroatoms. The number of likely N-dealkylation sites (tertiary alicyclic amines) is 1. The Bertz CT molecular complexity index is 750. The van der Waals surface area contributed by atoms with Gasteiger partial charge in [-0.3, -0.25) is 15.0 Å². The number of anilines is 1. The van der Waals surface area contributed by atoms with Gasteiger partial charge in [0.05, 0.1) is 5.69 Å². The molecule has 1 aromatic heterocycles. The zero-order chi connectivity index (χ0) is 18.8. The van der Waals surface area contributed by atoms with Crippen molar-refractivity contribution in [3.63, 3.8) is 0 Å². The summed E-state index contributed by atoms with van der Waals surface area (Å²) in [4.78, 5) is 38.6. The zero-order valence-corrected chi connectivity index (χ0v) is 15.7. The highest BCUT2D eigenvalue weighted by molar-refractivity contribution is 6.13. The first-order chi connectivity index (χ1) is 13.1. The number of amides is 3. The van der Waals surface area contributed by atoms with Crippen LogP contribution >= 0.6 is 0 Å². The summed E-state index contributed by atoms with van der Waals surface area (Å²) in [5, 5.41) is 2.27. The van der Waals surface area contributed by atoms with Crippen LogP contribution in [0.2, 0.25) is 0 Å². The number of piperidine rings is 2. The summed E-state index contributed by atoms with van der Waals surface area (Å²) in [5.41, 5.74) is 0.929. The first-order valence-corrected chi connectivity index (χ1v) is 9.74. The van der Waals surface area contributed by atoms with Crippen molar-refractivity contribution >= 4 is 24.0 Å². The molecule has 0 unspecified atom stereocenters. The number of likely N-dealkylation sites (N-methyl/N-ethyl adjacent to an activating group) is 1. The fraction of sp³-hybridized carbons (Fsp3) is 0.579. The summed E-state index contributed by atoms with van der Waals surface area (Å²) in [6.45, 7) is 4.36. The number of hydrogen-bond donors (Lipinski definition) is 1. The third kappa shape index (κ3) is 3.80. The Morgan fingerprint density at radius 1 is 1.11 bits per heavy atom. The molecule has 0 aromatic carbocycles. The number of imide groups is 1. The van der Waals surface area contributed by atoms with Crippen molar-refractivity contribution in [3.05, 3.63) is 23.7 Å². The third-order valence-electron chi connectivity index (χ3n) is 5.72. The van der Waals surface area contributed by atoms with Crippen molar-refractivity contribution in [3.8, 4) is 0 Å². The van der Waals surface area contributed by atoms with Crippen molar-refractivity contribution in [1.29, 1.82) is 0 Å². The van der Waals surface area contributed by atoms with Gasteiger partial charge in [-0.1, -0.05) is 6.42 Å².